The minimum Gasteiger partial charge on any atom is -0.263 e. The number of nitrogens with zero attached hydrogens (tertiary/aromatic N) is 1. The van der Waals surface area contributed by atoms with Gasteiger partial charge in [-0.25, -0.2) is 0 Å². The van der Waals surface area contributed by atoms with Crippen molar-refractivity contribution in [2.45, 2.75) is 32.1 Å². The Morgan fingerprint density at radius 1 is 1.31 bits per heavy atom. The molecule has 0 spiro atoms. The first-order chi connectivity index (χ1) is 7.79. The third-order valence-corrected chi connectivity index (χ3v) is 4.79. The average Bonchev–Trinajstić information content (AvgIpc) is 2.79. The van der Waals surface area contributed by atoms with Crippen LogP contribution in [-0.4, -0.2) is 10.3 Å². The Hall–Kier alpha value is 0.110. The average molecular weight is 347 g/mol. The molecular weight excluding hydrogens is 330 g/mol. The first-order valence-electron chi connectivity index (χ1n) is 5.95. The molecule has 1 aromatic heterocycles. The molecule has 88 valence electrons. The second kappa shape index (κ2) is 6.15. The van der Waals surface area contributed by atoms with Gasteiger partial charge in [0.25, 0.3) is 0 Å². The monoisotopic (exact) mass is 345 g/mol. The molecule has 0 N–H and O–H groups in total. The molecule has 0 bridgehead atoms. The summed E-state index contributed by atoms with van der Waals surface area (Å²) >= 11 is 7.15. The van der Waals surface area contributed by atoms with E-state index in [1.54, 1.807) is 0 Å². The van der Waals surface area contributed by atoms with Gasteiger partial charge in [-0.2, -0.15) is 0 Å². The molecule has 1 atom stereocenters. The van der Waals surface area contributed by atoms with E-state index >= 15 is 0 Å². The number of pyridine rings is 1. The van der Waals surface area contributed by atoms with Gasteiger partial charge in [-0.3, -0.25) is 4.98 Å². The second-order valence-corrected chi connectivity index (χ2v) is 6.24. The minimum absolute atomic E-state index is 0.776. The summed E-state index contributed by atoms with van der Waals surface area (Å²) in [6, 6.07) is 2.19. The van der Waals surface area contributed by atoms with E-state index in [0.29, 0.717) is 0 Å². The van der Waals surface area contributed by atoms with Crippen LogP contribution < -0.4 is 0 Å². The Morgan fingerprint density at radius 3 is 2.69 bits per heavy atom. The van der Waals surface area contributed by atoms with Gasteiger partial charge >= 0.3 is 0 Å². The highest BCUT2D eigenvalue weighted by molar-refractivity contribution is 9.10. The van der Waals surface area contributed by atoms with Gasteiger partial charge in [-0.1, -0.05) is 41.6 Å². The summed E-state index contributed by atoms with van der Waals surface area (Å²) in [5, 5.41) is 1.12. The fourth-order valence-electron chi connectivity index (χ4n) is 2.65. The van der Waals surface area contributed by atoms with E-state index in [1.807, 2.05) is 12.4 Å². The van der Waals surface area contributed by atoms with Crippen LogP contribution in [0.1, 0.15) is 31.2 Å². The first kappa shape index (κ1) is 12.6. The topological polar surface area (TPSA) is 12.9 Å². The highest BCUT2D eigenvalue weighted by Crippen LogP contribution is 2.34. The Morgan fingerprint density at radius 2 is 2.06 bits per heavy atom. The molecule has 1 aliphatic rings. The van der Waals surface area contributed by atoms with Gasteiger partial charge < -0.3 is 0 Å². The van der Waals surface area contributed by atoms with Gasteiger partial charge in [-0.15, -0.1) is 0 Å². The fraction of sp³-hybridized carbons (Fsp3) is 0.615. The quantitative estimate of drug-likeness (QED) is 0.726. The van der Waals surface area contributed by atoms with Crippen LogP contribution in [-0.2, 0) is 6.42 Å². The van der Waals surface area contributed by atoms with Crippen LogP contribution in [0.2, 0.25) is 0 Å². The van der Waals surface area contributed by atoms with Gasteiger partial charge in [0.05, 0.1) is 0 Å². The molecule has 1 unspecified atom stereocenters. The number of aromatic nitrogens is 1. The van der Waals surface area contributed by atoms with Crippen LogP contribution in [0.15, 0.2) is 22.9 Å². The van der Waals surface area contributed by atoms with Crippen molar-refractivity contribution >= 4 is 31.9 Å². The Kier molecular flexibility index (Phi) is 4.83. The Labute approximate surface area is 114 Å². The lowest BCUT2D eigenvalue weighted by Crippen LogP contribution is -2.16. The molecule has 0 saturated heterocycles. The number of hydrogen-bond donors (Lipinski definition) is 0. The van der Waals surface area contributed by atoms with Gasteiger partial charge in [0.2, 0.25) is 0 Å². The van der Waals surface area contributed by atoms with Crippen molar-refractivity contribution in [3.05, 3.63) is 28.5 Å². The van der Waals surface area contributed by atoms with E-state index in [-0.39, 0.29) is 0 Å². The van der Waals surface area contributed by atoms with Gasteiger partial charge in [0.15, 0.2) is 0 Å². The molecule has 0 radical (unpaired) electrons. The van der Waals surface area contributed by atoms with Crippen molar-refractivity contribution in [2.75, 3.05) is 5.33 Å². The molecule has 1 saturated carbocycles. The molecule has 1 nitrogen and oxygen atoms in total. The van der Waals surface area contributed by atoms with Crippen LogP contribution in [0.3, 0.4) is 0 Å². The van der Waals surface area contributed by atoms with Crippen LogP contribution >= 0.6 is 31.9 Å². The second-order valence-electron chi connectivity index (χ2n) is 4.67. The number of hydrogen-bond acceptors (Lipinski definition) is 1. The largest absolute Gasteiger partial charge is 0.263 e. The first-order valence-corrected chi connectivity index (χ1v) is 7.86. The van der Waals surface area contributed by atoms with Gasteiger partial charge in [0, 0.05) is 22.2 Å². The lowest BCUT2D eigenvalue weighted by Gasteiger charge is -2.21. The molecule has 3 heteroatoms. The molecule has 1 heterocycles. The van der Waals surface area contributed by atoms with E-state index in [4.69, 9.17) is 0 Å². The third kappa shape index (κ3) is 3.30. The lowest BCUT2D eigenvalue weighted by molar-refractivity contribution is 0.373. The zero-order chi connectivity index (χ0) is 11.4. The van der Waals surface area contributed by atoms with Crippen molar-refractivity contribution in [1.29, 1.82) is 0 Å². The van der Waals surface area contributed by atoms with E-state index in [9.17, 15) is 0 Å². The summed E-state index contributed by atoms with van der Waals surface area (Å²) in [7, 11) is 0. The number of alkyl halides is 1. The smallest absolute Gasteiger partial charge is 0.0410 e. The SMILES string of the molecule is BrCC(Cc1cncc(Br)c1)C1CCCC1. The van der Waals surface area contributed by atoms with Crippen LogP contribution in [0.5, 0.6) is 0 Å². The normalized spacial score (nSPS) is 18.9. The van der Waals surface area contributed by atoms with Gasteiger partial charge in [0.1, 0.15) is 0 Å². The minimum atomic E-state index is 0.776. The number of rotatable bonds is 4. The molecule has 1 aromatic rings. The predicted molar refractivity (Wildman–Crippen MR) is 74.9 cm³/mol. The van der Waals surface area contributed by atoms with Crippen molar-refractivity contribution in [1.82, 2.24) is 4.98 Å². The van der Waals surface area contributed by atoms with Crippen molar-refractivity contribution in [3.8, 4) is 0 Å². The van der Waals surface area contributed by atoms with Crippen LogP contribution in [0.4, 0.5) is 0 Å². The molecule has 2 rings (SSSR count). The molecule has 16 heavy (non-hydrogen) atoms. The molecule has 0 amide bonds. The maximum atomic E-state index is 4.24. The van der Waals surface area contributed by atoms with E-state index in [0.717, 1.165) is 28.1 Å². The third-order valence-electron chi connectivity index (χ3n) is 3.52. The summed E-state index contributed by atoms with van der Waals surface area (Å²) in [4.78, 5) is 4.24. The van der Waals surface area contributed by atoms with E-state index in [1.165, 1.54) is 31.2 Å². The summed E-state index contributed by atoms with van der Waals surface area (Å²) in [5.41, 5.74) is 1.35. The fourth-order valence-corrected chi connectivity index (χ4v) is 3.82. The summed E-state index contributed by atoms with van der Waals surface area (Å²) in [6.45, 7) is 0. The standard InChI is InChI=1S/C13H17Br2N/c14-7-12(11-3-1-2-4-11)5-10-6-13(15)9-16-8-10/h6,8-9,11-12H,1-5,7H2. The predicted octanol–water partition coefficient (Wildman–Crippen LogP) is 4.59. The Bertz CT molecular complexity index is 334. The summed E-state index contributed by atoms with van der Waals surface area (Å²) < 4.78 is 1.09. The Balaban J connectivity index is 2.00. The zero-order valence-electron chi connectivity index (χ0n) is 9.33. The molecule has 1 aliphatic carbocycles. The summed E-state index contributed by atoms with van der Waals surface area (Å²) in [5.74, 6) is 1.69. The van der Waals surface area contributed by atoms with Crippen molar-refractivity contribution < 1.29 is 0 Å². The maximum Gasteiger partial charge on any atom is 0.0410 e. The van der Waals surface area contributed by atoms with Crippen LogP contribution in [0.25, 0.3) is 0 Å². The van der Waals surface area contributed by atoms with E-state index < -0.39 is 0 Å². The zero-order valence-corrected chi connectivity index (χ0v) is 12.5. The van der Waals surface area contributed by atoms with Crippen molar-refractivity contribution in [2.24, 2.45) is 11.8 Å². The highest BCUT2D eigenvalue weighted by atomic mass is 79.9. The number of halogens is 2. The van der Waals surface area contributed by atoms with Gasteiger partial charge in [-0.05, 0) is 45.8 Å². The molecule has 0 aliphatic heterocycles. The van der Waals surface area contributed by atoms with Crippen LogP contribution in [0, 0.1) is 11.8 Å². The molecular formula is C13H17Br2N. The maximum absolute atomic E-state index is 4.24. The van der Waals surface area contributed by atoms with Crippen molar-refractivity contribution in [3.63, 3.8) is 0 Å². The summed E-state index contributed by atoms with van der Waals surface area (Å²) in [6.07, 6.45) is 10.7. The van der Waals surface area contributed by atoms with E-state index in [2.05, 4.69) is 42.9 Å². The molecule has 1 fully saturated rings. The molecule has 0 aromatic carbocycles. The lowest BCUT2D eigenvalue weighted by atomic mass is 9.88. The highest BCUT2D eigenvalue weighted by Gasteiger charge is 2.24.